The van der Waals surface area contributed by atoms with Crippen LogP contribution in [0, 0.1) is 22.0 Å². The minimum absolute atomic E-state index is 0.00908. The lowest BCUT2D eigenvalue weighted by Crippen LogP contribution is -2.21. The second kappa shape index (κ2) is 6.01. The van der Waals surface area contributed by atoms with E-state index in [4.69, 9.17) is 11.6 Å². The van der Waals surface area contributed by atoms with Crippen LogP contribution in [0.25, 0.3) is 0 Å². The monoisotopic (exact) mass is 255 g/mol. The van der Waals surface area contributed by atoms with E-state index in [1.807, 2.05) is 19.1 Å². The highest BCUT2D eigenvalue weighted by atomic mass is 35.5. The largest absolute Gasteiger partial charge is 0.272 e. The minimum Gasteiger partial charge on any atom is -0.258 e. The fourth-order valence-corrected chi connectivity index (χ4v) is 2.42. The molecule has 94 valence electrons. The van der Waals surface area contributed by atoms with E-state index in [-0.39, 0.29) is 21.9 Å². The zero-order valence-corrected chi connectivity index (χ0v) is 11.1. The van der Waals surface area contributed by atoms with Crippen LogP contribution in [0.1, 0.15) is 26.3 Å². The van der Waals surface area contributed by atoms with Crippen molar-refractivity contribution in [1.82, 2.24) is 0 Å². The maximum absolute atomic E-state index is 10.9. The molecule has 1 aromatic rings. The Morgan fingerprint density at radius 1 is 1.29 bits per heavy atom. The van der Waals surface area contributed by atoms with Crippen LogP contribution in [0.3, 0.4) is 0 Å². The Labute approximate surface area is 107 Å². The average molecular weight is 256 g/mol. The van der Waals surface area contributed by atoms with E-state index < -0.39 is 0 Å². The molecule has 0 heterocycles. The van der Waals surface area contributed by atoms with E-state index in [0.717, 1.165) is 5.56 Å². The number of nitro groups is 1. The molecule has 1 rings (SSSR count). The van der Waals surface area contributed by atoms with Crippen LogP contribution in [-0.2, 0) is 6.42 Å². The van der Waals surface area contributed by atoms with Crippen molar-refractivity contribution in [3.8, 4) is 0 Å². The molecule has 0 amide bonds. The van der Waals surface area contributed by atoms with Crippen LogP contribution in [0.2, 0.25) is 0 Å². The van der Waals surface area contributed by atoms with Gasteiger partial charge in [0, 0.05) is 17.0 Å². The second-order valence-corrected chi connectivity index (χ2v) is 5.36. The van der Waals surface area contributed by atoms with Gasteiger partial charge in [-0.3, -0.25) is 10.1 Å². The van der Waals surface area contributed by atoms with E-state index in [1.165, 1.54) is 0 Å². The second-order valence-electron chi connectivity index (χ2n) is 4.68. The first-order chi connectivity index (χ1) is 7.93. The summed E-state index contributed by atoms with van der Waals surface area (Å²) in [7, 11) is 0. The zero-order valence-electron chi connectivity index (χ0n) is 10.4. The van der Waals surface area contributed by atoms with Crippen molar-refractivity contribution in [2.75, 3.05) is 0 Å². The van der Waals surface area contributed by atoms with Crippen molar-refractivity contribution in [3.63, 3.8) is 0 Å². The van der Waals surface area contributed by atoms with Crippen molar-refractivity contribution in [3.05, 3.63) is 39.9 Å². The number of rotatable bonds is 5. The van der Waals surface area contributed by atoms with E-state index >= 15 is 0 Å². The molecule has 17 heavy (non-hydrogen) atoms. The third-order valence-electron chi connectivity index (χ3n) is 3.09. The molecule has 3 nitrogen and oxygen atoms in total. The van der Waals surface area contributed by atoms with Crippen LogP contribution in [0.15, 0.2) is 24.3 Å². The summed E-state index contributed by atoms with van der Waals surface area (Å²) in [5, 5.41) is 10.9. The fourth-order valence-electron chi connectivity index (χ4n) is 2.04. The lowest BCUT2D eigenvalue weighted by Gasteiger charge is -2.23. The average Bonchev–Trinajstić information content (AvgIpc) is 2.25. The first-order valence-electron chi connectivity index (χ1n) is 5.79. The van der Waals surface area contributed by atoms with Gasteiger partial charge in [-0.2, -0.15) is 0 Å². The minimum atomic E-state index is -0.328. The Bertz CT molecular complexity index is 383. The first kappa shape index (κ1) is 14.0. The summed E-state index contributed by atoms with van der Waals surface area (Å²) < 4.78 is 0. The lowest BCUT2D eigenvalue weighted by atomic mass is 9.86. The number of benzene rings is 1. The van der Waals surface area contributed by atoms with Gasteiger partial charge in [-0.25, -0.2) is 0 Å². The van der Waals surface area contributed by atoms with Crippen molar-refractivity contribution < 1.29 is 4.92 Å². The molecule has 0 aromatic heterocycles. The molecular formula is C13H18ClNO2. The van der Waals surface area contributed by atoms with Crippen molar-refractivity contribution >= 4 is 17.3 Å². The highest BCUT2D eigenvalue weighted by Gasteiger charge is 2.23. The summed E-state index contributed by atoms with van der Waals surface area (Å²) in [6.45, 7) is 6.14. The maximum Gasteiger partial charge on any atom is 0.272 e. The van der Waals surface area contributed by atoms with Crippen LogP contribution in [0.4, 0.5) is 5.69 Å². The standard InChI is InChI=1S/C13H18ClNO2/c1-9(2)12(10(3)14)8-11-6-4-5-7-13(11)15(16)17/h4-7,9-10,12H,8H2,1-3H3. The predicted octanol–water partition coefficient (Wildman–Crippen LogP) is 4.04. The molecule has 0 N–H and O–H groups in total. The quantitative estimate of drug-likeness (QED) is 0.453. The topological polar surface area (TPSA) is 43.1 Å². The maximum atomic E-state index is 10.9. The van der Waals surface area contributed by atoms with Crippen LogP contribution in [-0.4, -0.2) is 10.3 Å². The molecule has 0 bridgehead atoms. The van der Waals surface area contributed by atoms with Gasteiger partial charge < -0.3 is 0 Å². The SMILES string of the molecule is CC(C)C(Cc1ccccc1[N+](=O)[O-])C(C)Cl. The predicted molar refractivity (Wildman–Crippen MR) is 70.4 cm³/mol. The molecule has 0 aliphatic rings. The number of para-hydroxylation sites is 1. The van der Waals surface area contributed by atoms with Gasteiger partial charge in [0.15, 0.2) is 0 Å². The molecule has 0 aliphatic heterocycles. The highest BCUT2D eigenvalue weighted by Crippen LogP contribution is 2.28. The third kappa shape index (κ3) is 3.70. The summed E-state index contributed by atoms with van der Waals surface area (Å²) in [4.78, 5) is 10.6. The Balaban J connectivity index is 2.97. The molecule has 2 atom stereocenters. The van der Waals surface area contributed by atoms with Gasteiger partial charge in [0.25, 0.3) is 5.69 Å². The summed E-state index contributed by atoms with van der Waals surface area (Å²) >= 11 is 6.15. The Kier molecular flexibility index (Phi) is 4.94. The van der Waals surface area contributed by atoms with Gasteiger partial charge in [0.2, 0.25) is 0 Å². The van der Waals surface area contributed by atoms with Crippen LogP contribution in [0.5, 0.6) is 0 Å². The first-order valence-corrected chi connectivity index (χ1v) is 6.23. The normalized spacial score (nSPS) is 14.6. The molecule has 2 unspecified atom stereocenters. The van der Waals surface area contributed by atoms with Crippen LogP contribution >= 0.6 is 11.6 Å². The van der Waals surface area contributed by atoms with Crippen LogP contribution < -0.4 is 0 Å². The molecule has 0 saturated heterocycles. The van der Waals surface area contributed by atoms with Gasteiger partial charge >= 0.3 is 0 Å². The molecule has 0 aliphatic carbocycles. The van der Waals surface area contributed by atoms with Crippen molar-refractivity contribution in [2.24, 2.45) is 11.8 Å². The molecule has 4 heteroatoms. The fraction of sp³-hybridized carbons (Fsp3) is 0.538. The van der Waals surface area contributed by atoms with E-state index in [2.05, 4.69) is 13.8 Å². The number of hydrogen-bond donors (Lipinski definition) is 0. The molecule has 0 spiro atoms. The number of halogens is 1. The summed E-state index contributed by atoms with van der Waals surface area (Å²) in [5.41, 5.74) is 0.958. The number of hydrogen-bond acceptors (Lipinski definition) is 2. The van der Waals surface area contributed by atoms with Gasteiger partial charge in [0.1, 0.15) is 0 Å². The third-order valence-corrected chi connectivity index (χ3v) is 3.41. The molecular weight excluding hydrogens is 238 g/mol. The Morgan fingerprint density at radius 2 is 1.88 bits per heavy atom. The smallest absolute Gasteiger partial charge is 0.258 e. The van der Waals surface area contributed by atoms with Crippen molar-refractivity contribution in [2.45, 2.75) is 32.6 Å². The summed E-state index contributed by atoms with van der Waals surface area (Å²) in [6.07, 6.45) is 0.652. The zero-order chi connectivity index (χ0) is 13.0. The summed E-state index contributed by atoms with van der Waals surface area (Å²) in [6, 6.07) is 6.88. The van der Waals surface area contributed by atoms with Gasteiger partial charge in [-0.15, -0.1) is 11.6 Å². The lowest BCUT2D eigenvalue weighted by molar-refractivity contribution is -0.385. The molecule has 0 fully saturated rings. The van der Waals surface area contributed by atoms with E-state index in [1.54, 1.807) is 12.1 Å². The Morgan fingerprint density at radius 3 is 2.35 bits per heavy atom. The number of nitro benzene ring substituents is 1. The van der Waals surface area contributed by atoms with Crippen molar-refractivity contribution in [1.29, 1.82) is 0 Å². The number of alkyl halides is 1. The van der Waals surface area contributed by atoms with Gasteiger partial charge in [-0.1, -0.05) is 32.0 Å². The van der Waals surface area contributed by atoms with E-state index in [9.17, 15) is 10.1 Å². The summed E-state index contributed by atoms with van der Waals surface area (Å²) in [5.74, 6) is 0.653. The molecule has 0 radical (unpaired) electrons. The highest BCUT2D eigenvalue weighted by molar-refractivity contribution is 6.20. The number of nitrogens with zero attached hydrogens (tertiary/aromatic N) is 1. The van der Waals surface area contributed by atoms with Gasteiger partial charge in [-0.05, 0) is 25.2 Å². The molecule has 1 aromatic carbocycles. The van der Waals surface area contributed by atoms with E-state index in [0.29, 0.717) is 12.3 Å². The van der Waals surface area contributed by atoms with Gasteiger partial charge in [0.05, 0.1) is 4.92 Å². The molecule has 0 saturated carbocycles. The Hall–Kier alpha value is -1.09.